The fraction of sp³-hybridized carbons (Fsp3) is 0.312. The molecular weight excluding hydrogens is 362 g/mol. The lowest BCUT2D eigenvalue weighted by atomic mass is 10.3. The maximum atomic E-state index is 12.6. The summed E-state index contributed by atoms with van der Waals surface area (Å²) in [5.41, 5.74) is 0.843. The van der Waals surface area contributed by atoms with Crippen LogP contribution in [-0.2, 0) is 14.8 Å². The van der Waals surface area contributed by atoms with Gasteiger partial charge in [0, 0.05) is 29.9 Å². The Morgan fingerprint density at radius 1 is 1.24 bits per heavy atom. The van der Waals surface area contributed by atoms with Crippen LogP contribution >= 0.6 is 11.8 Å². The highest BCUT2D eigenvalue weighted by Gasteiger charge is 2.27. The third kappa shape index (κ3) is 4.06. The molecule has 0 atom stereocenters. The van der Waals surface area contributed by atoms with E-state index in [1.54, 1.807) is 23.9 Å². The first kappa shape index (κ1) is 18.0. The molecule has 1 aliphatic heterocycles. The molecule has 1 saturated heterocycles. The standard InChI is InChI=1S/C16H19N3O4S2/c1-24-13-4-2-12(3-5-13)18-16(20)15-10-14(11-17-15)25(21,22)19-6-8-23-9-7-19/h2-5,10-11,17H,6-9H2,1H3,(H,18,20). The summed E-state index contributed by atoms with van der Waals surface area (Å²) in [6.07, 6.45) is 3.32. The number of hydrogen-bond donors (Lipinski definition) is 2. The first-order chi connectivity index (χ1) is 12.0. The Balaban J connectivity index is 1.72. The second-order valence-electron chi connectivity index (χ2n) is 5.45. The van der Waals surface area contributed by atoms with Crippen LogP contribution < -0.4 is 5.32 Å². The average molecular weight is 381 g/mol. The van der Waals surface area contributed by atoms with Crippen LogP contribution in [-0.4, -0.2) is 56.2 Å². The molecule has 25 heavy (non-hydrogen) atoms. The van der Waals surface area contributed by atoms with E-state index in [9.17, 15) is 13.2 Å². The smallest absolute Gasteiger partial charge is 0.272 e. The quantitative estimate of drug-likeness (QED) is 0.773. The number of carbonyl (C=O) groups is 1. The van der Waals surface area contributed by atoms with E-state index in [1.807, 2.05) is 18.4 Å². The first-order valence-electron chi connectivity index (χ1n) is 7.72. The van der Waals surface area contributed by atoms with Crippen LogP contribution in [0.15, 0.2) is 46.3 Å². The van der Waals surface area contributed by atoms with Gasteiger partial charge in [0.25, 0.3) is 5.91 Å². The fourth-order valence-corrected chi connectivity index (χ4v) is 4.27. The van der Waals surface area contributed by atoms with E-state index in [0.29, 0.717) is 32.0 Å². The Bertz CT molecular complexity index is 841. The van der Waals surface area contributed by atoms with Gasteiger partial charge >= 0.3 is 0 Å². The molecular formula is C16H19N3O4S2. The zero-order chi connectivity index (χ0) is 17.9. The third-order valence-corrected chi connectivity index (χ3v) is 6.48. The van der Waals surface area contributed by atoms with Crippen LogP contribution in [0.1, 0.15) is 10.5 Å². The van der Waals surface area contributed by atoms with Crippen LogP contribution in [0.2, 0.25) is 0 Å². The number of aromatic amines is 1. The second kappa shape index (κ2) is 7.61. The van der Waals surface area contributed by atoms with Crippen molar-refractivity contribution in [1.29, 1.82) is 0 Å². The van der Waals surface area contributed by atoms with Gasteiger partial charge in [-0.3, -0.25) is 4.79 Å². The number of aromatic nitrogens is 1. The summed E-state index contributed by atoms with van der Waals surface area (Å²) in [6.45, 7) is 1.39. The fourth-order valence-electron chi connectivity index (χ4n) is 2.46. The molecule has 1 aromatic heterocycles. The molecule has 1 fully saturated rings. The third-order valence-electron chi connectivity index (χ3n) is 3.86. The number of thioether (sulfide) groups is 1. The molecule has 2 N–H and O–H groups in total. The maximum Gasteiger partial charge on any atom is 0.272 e. The Hall–Kier alpha value is -1.81. The molecule has 9 heteroatoms. The minimum absolute atomic E-state index is 0.0808. The summed E-state index contributed by atoms with van der Waals surface area (Å²) in [7, 11) is -3.62. The van der Waals surface area contributed by atoms with E-state index in [-0.39, 0.29) is 16.5 Å². The number of ether oxygens (including phenoxy) is 1. The van der Waals surface area contributed by atoms with Gasteiger partial charge in [-0.25, -0.2) is 8.42 Å². The number of hydrogen-bond acceptors (Lipinski definition) is 5. The highest BCUT2D eigenvalue weighted by atomic mass is 32.2. The Morgan fingerprint density at radius 3 is 2.56 bits per heavy atom. The molecule has 134 valence electrons. The molecule has 7 nitrogen and oxygen atoms in total. The van der Waals surface area contributed by atoms with Gasteiger partial charge in [-0.15, -0.1) is 11.8 Å². The Labute approximate surface area is 150 Å². The van der Waals surface area contributed by atoms with Gasteiger partial charge in [0.05, 0.1) is 13.2 Å². The van der Waals surface area contributed by atoms with Crippen LogP contribution in [0, 0.1) is 0 Å². The van der Waals surface area contributed by atoms with Crippen LogP contribution in [0.3, 0.4) is 0 Å². The number of sulfonamides is 1. The van der Waals surface area contributed by atoms with Gasteiger partial charge in [-0.05, 0) is 36.6 Å². The van der Waals surface area contributed by atoms with Gasteiger partial charge in [-0.2, -0.15) is 4.31 Å². The van der Waals surface area contributed by atoms with Gasteiger partial charge < -0.3 is 15.0 Å². The number of rotatable bonds is 5. The topological polar surface area (TPSA) is 91.5 Å². The number of nitrogens with one attached hydrogen (secondary N) is 2. The van der Waals surface area contributed by atoms with E-state index in [4.69, 9.17) is 4.74 Å². The van der Waals surface area contributed by atoms with Gasteiger partial charge in [0.1, 0.15) is 10.6 Å². The predicted octanol–water partition coefficient (Wildman–Crippen LogP) is 2.01. The number of H-pyrrole nitrogens is 1. The molecule has 0 unspecified atom stereocenters. The van der Waals surface area contributed by atoms with Crippen molar-refractivity contribution in [2.75, 3.05) is 37.9 Å². The minimum atomic E-state index is -3.62. The first-order valence-corrected chi connectivity index (χ1v) is 10.4. The predicted molar refractivity (Wildman–Crippen MR) is 96.5 cm³/mol. The summed E-state index contributed by atoms with van der Waals surface area (Å²) in [5.74, 6) is -0.389. The summed E-state index contributed by atoms with van der Waals surface area (Å²) in [6, 6.07) is 8.78. The number of anilines is 1. The lowest BCUT2D eigenvalue weighted by Crippen LogP contribution is -2.40. The summed E-state index contributed by atoms with van der Waals surface area (Å²) >= 11 is 1.61. The van der Waals surface area contributed by atoms with Crippen molar-refractivity contribution in [3.8, 4) is 0 Å². The zero-order valence-electron chi connectivity index (χ0n) is 13.7. The van der Waals surface area contributed by atoms with E-state index in [2.05, 4.69) is 10.3 Å². The SMILES string of the molecule is CSc1ccc(NC(=O)c2cc(S(=O)(=O)N3CCOCC3)c[nH]2)cc1. The molecule has 0 spiro atoms. The lowest BCUT2D eigenvalue weighted by molar-refractivity contribution is 0.0730. The molecule has 0 aliphatic carbocycles. The van der Waals surface area contributed by atoms with Crippen molar-refractivity contribution in [3.05, 3.63) is 42.2 Å². The molecule has 1 aliphatic rings. The number of morpholine rings is 1. The lowest BCUT2D eigenvalue weighted by Gasteiger charge is -2.25. The van der Waals surface area contributed by atoms with Crippen molar-refractivity contribution in [1.82, 2.24) is 9.29 Å². The molecule has 0 bridgehead atoms. The van der Waals surface area contributed by atoms with Crippen LogP contribution in [0.25, 0.3) is 0 Å². The summed E-state index contributed by atoms with van der Waals surface area (Å²) < 4.78 is 31.7. The normalized spacial score (nSPS) is 15.9. The second-order valence-corrected chi connectivity index (χ2v) is 8.27. The van der Waals surface area contributed by atoms with Crippen LogP contribution in [0.5, 0.6) is 0 Å². The Kier molecular flexibility index (Phi) is 5.48. The molecule has 1 amide bonds. The van der Waals surface area contributed by atoms with Crippen molar-refractivity contribution in [2.24, 2.45) is 0 Å². The average Bonchev–Trinajstić information content (AvgIpc) is 3.14. The number of amides is 1. The molecule has 2 heterocycles. The maximum absolute atomic E-state index is 12.6. The highest BCUT2D eigenvalue weighted by molar-refractivity contribution is 7.98. The van der Waals surface area contributed by atoms with Crippen molar-refractivity contribution >= 4 is 33.4 Å². The van der Waals surface area contributed by atoms with E-state index in [1.165, 1.54) is 16.6 Å². The largest absolute Gasteiger partial charge is 0.379 e. The zero-order valence-corrected chi connectivity index (χ0v) is 15.3. The van der Waals surface area contributed by atoms with E-state index < -0.39 is 10.0 Å². The Morgan fingerprint density at radius 2 is 1.92 bits per heavy atom. The highest BCUT2D eigenvalue weighted by Crippen LogP contribution is 2.20. The molecule has 0 saturated carbocycles. The van der Waals surface area contributed by atoms with Crippen molar-refractivity contribution in [2.45, 2.75) is 9.79 Å². The number of nitrogens with zero attached hydrogens (tertiary/aromatic N) is 1. The molecule has 2 aromatic rings. The minimum Gasteiger partial charge on any atom is -0.379 e. The van der Waals surface area contributed by atoms with Gasteiger partial charge in [0.2, 0.25) is 10.0 Å². The molecule has 1 aromatic carbocycles. The number of benzene rings is 1. The molecule has 3 rings (SSSR count). The summed E-state index contributed by atoms with van der Waals surface area (Å²) in [5, 5.41) is 2.75. The van der Waals surface area contributed by atoms with E-state index >= 15 is 0 Å². The van der Waals surface area contributed by atoms with E-state index in [0.717, 1.165) is 4.90 Å². The van der Waals surface area contributed by atoms with Crippen LogP contribution in [0.4, 0.5) is 5.69 Å². The summed E-state index contributed by atoms with van der Waals surface area (Å²) in [4.78, 5) is 16.2. The van der Waals surface area contributed by atoms with Gasteiger partial charge in [-0.1, -0.05) is 0 Å². The van der Waals surface area contributed by atoms with Crippen molar-refractivity contribution in [3.63, 3.8) is 0 Å². The van der Waals surface area contributed by atoms with Crippen molar-refractivity contribution < 1.29 is 17.9 Å². The monoisotopic (exact) mass is 381 g/mol. The van der Waals surface area contributed by atoms with Gasteiger partial charge in [0.15, 0.2) is 0 Å². The number of carbonyl (C=O) groups excluding carboxylic acids is 1. The molecule has 0 radical (unpaired) electrons.